The van der Waals surface area contributed by atoms with E-state index in [1.807, 2.05) is 0 Å². The molecule has 38 heavy (non-hydrogen) atoms. The number of amides is 1. The van der Waals surface area contributed by atoms with Gasteiger partial charge in [-0.15, -0.1) is 0 Å². The second-order valence-corrected chi connectivity index (χ2v) is 20.3. The maximum absolute atomic E-state index is 12.9. The minimum absolute atomic E-state index is 0.112. The second kappa shape index (κ2) is 12.3. The van der Waals surface area contributed by atoms with Crippen LogP contribution in [0.2, 0.25) is 22.2 Å². The highest BCUT2D eigenvalue weighted by molar-refractivity contribution is 6.84. The zero-order valence-corrected chi connectivity index (χ0v) is 26.2. The summed E-state index contributed by atoms with van der Waals surface area (Å²) in [5.74, 6) is -0.0256. The molecule has 2 saturated heterocycles. The normalized spacial score (nSPS) is 27.0. The van der Waals surface area contributed by atoms with Crippen LogP contribution in [0.4, 0.5) is 5.82 Å². The fourth-order valence-corrected chi connectivity index (χ4v) is 16.8. The van der Waals surface area contributed by atoms with Gasteiger partial charge in [0.1, 0.15) is 24.1 Å². The third kappa shape index (κ3) is 5.93. The van der Waals surface area contributed by atoms with Crippen molar-refractivity contribution in [1.82, 2.24) is 14.9 Å². The molecular weight excluding hydrogens is 524 g/mol. The van der Waals surface area contributed by atoms with E-state index in [0.717, 1.165) is 0 Å². The molecule has 1 amide bonds. The van der Waals surface area contributed by atoms with Gasteiger partial charge in [0.25, 0.3) is 0 Å². The molecule has 3 N–H and O–H groups in total. The number of nitrogen functional groups attached to an aromatic ring is 1. The van der Waals surface area contributed by atoms with Gasteiger partial charge in [0.15, 0.2) is 6.23 Å². The van der Waals surface area contributed by atoms with Crippen LogP contribution in [0.5, 0.6) is 0 Å². The summed E-state index contributed by atoms with van der Waals surface area (Å²) in [6.45, 7) is 17.6. The molecule has 4 atom stereocenters. The van der Waals surface area contributed by atoms with Gasteiger partial charge in [-0.05, 0) is 28.2 Å². The Labute approximate surface area is 228 Å². The van der Waals surface area contributed by atoms with Crippen molar-refractivity contribution < 1.29 is 27.2 Å². The van der Waals surface area contributed by atoms with Crippen molar-refractivity contribution in [2.24, 2.45) is 0 Å². The number of rotatable bonds is 9. The first-order chi connectivity index (χ1) is 17.8. The number of hydrogen-bond donors (Lipinski definition) is 2. The molecule has 0 radical (unpaired) electrons. The van der Waals surface area contributed by atoms with Crippen LogP contribution in [0.3, 0.4) is 0 Å². The van der Waals surface area contributed by atoms with Crippen LogP contribution in [0.15, 0.2) is 17.1 Å². The van der Waals surface area contributed by atoms with E-state index < -0.39 is 47.4 Å². The predicted octanol–water partition coefficient (Wildman–Crippen LogP) is 3.20. The van der Waals surface area contributed by atoms with Gasteiger partial charge in [-0.25, -0.2) is 4.79 Å². The summed E-state index contributed by atoms with van der Waals surface area (Å²) in [7, 11) is -4.14. The Morgan fingerprint density at radius 1 is 1.13 bits per heavy atom. The van der Waals surface area contributed by atoms with Gasteiger partial charge >= 0.3 is 22.8 Å². The lowest BCUT2D eigenvalue weighted by Gasteiger charge is -2.51. The summed E-state index contributed by atoms with van der Waals surface area (Å²) >= 11 is 0. The Hall–Kier alpha value is -1.62. The smallest absolute Gasteiger partial charge is 0.351 e. The third-order valence-corrected chi connectivity index (χ3v) is 17.9. The molecule has 2 fully saturated rings. The van der Waals surface area contributed by atoms with Crippen molar-refractivity contribution in [2.45, 2.75) is 109 Å². The van der Waals surface area contributed by atoms with E-state index in [1.165, 1.54) is 4.57 Å². The molecule has 0 bridgehead atoms. The number of nitrogens with zero attached hydrogens (tertiary/aromatic N) is 2. The van der Waals surface area contributed by atoms with Crippen LogP contribution in [0, 0.1) is 0 Å². The van der Waals surface area contributed by atoms with E-state index in [0.29, 0.717) is 0 Å². The first-order valence-electron chi connectivity index (χ1n) is 13.6. The molecule has 216 valence electrons. The summed E-state index contributed by atoms with van der Waals surface area (Å²) in [6.07, 6.45) is -0.900. The van der Waals surface area contributed by atoms with Crippen molar-refractivity contribution in [3.8, 4) is 0 Å². The van der Waals surface area contributed by atoms with Crippen molar-refractivity contribution >= 4 is 28.8 Å². The number of hydrogen-bond acceptors (Lipinski definition) is 9. The second-order valence-electron chi connectivity index (χ2n) is 11.4. The fourth-order valence-electron chi connectivity index (χ4n) is 5.56. The van der Waals surface area contributed by atoms with Crippen LogP contribution in [0.25, 0.3) is 0 Å². The third-order valence-electron chi connectivity index (χ3n) is 7.66. The summed E-state index contributed by atoms with van der Waals surface area (Å²) in [6, 6.07) is 1.55. The van der Waals surface area contributed by atoms with Gasteiger partial charge in [-0.1, -0.05) is 55.4 Å². The van der Waals surface area contributed by atoms with Crippen LogP contribution >= 0.6 is 0 Å². The van der Waals surface area contributed by atoms with Crippen LogP contribution in [-0.2, 0) is 27.2 Å². The highest BCUT2D eigenvalue weighted by Gasteiger charge is 2.62. The monoisotopic (exact) mass is 570 g/mol. The minimum Gasteiger partial charge on any atom is -0.414 e. The lowest BCUT2D eigenvalue weighted by molar-refractivity contribution is -0.124. The zero-order chi connectivity index (χ0) is 28.4. The fraction of sp³-hybridized carbons (Fsp3) is 0.800. The molecule has 0 aliphatic carbocycles. The van der Waals surface area contributed by atoms with Gasteiger partial charge in [0, 0.05) is 19.7 Å². The van der Waals surface area contributed by atoms with Crippen LogP contribution < -0.4 is 16.7 Å². The van der Waals surface area contributed by atoms with Crippen LogP contribution in [-0.4, -0.2) is 71.2 Å². The number of nitrogens with two attached hydrogens (primary N) is 1. The molecule has 2 aliphatic rings. The lowest BCUT2D eigenvalue weighted by atomic mass is 10.1. The SMILES string of the molecule is CNC(=O)CCO[C@H]1C2O[Si](C(C)C)(C(C)C)O[Si](C(C)C)(C(C)C)OC[C@H]2O[C@H]1n1ccc(N)nc1=O. The Kier molecular flexibility index (Phi) is 9.99. The van der Waals surface area contributed by atoms with Gasteiger partial charge in [0.2, 0.25) is 5.91 Å². The lowest BCUT2D eigenvalue weighted by Crippen LogP contribution is -2.66. The maximum Gasteiger partial charge on any atom is 0.351 e. The maximum atomic E-state index is 12.9. The molecule has 0 saturated carbocycles. The molecule has 0 aromatic carbocycles. The zero-order valence-electron chi connectivity index (χ0n) is 24.2. The number of anilines is 1. The average molecular weight is 571 g/mol. The molecule has 1 aromatic rings. The van der Waals surface area contributed by atoms with E-state index in [4.69, 9.17) is 28.2 Å². The van der Waals surface area contributed by atoms with Gasteiger partial charge in [-0.3, -0.25) is 9.36 Å². The van der Waals surface area contributed by atoms with Gasteiger partial charge in [0.05, 0.1) is 13.2 Å². The van der Waals surface area contributed by atoms with E-state index in [1.54, 1.807) is 19.3 Å². The topological polar surface area (TPSA) is 136 Å². The largest absolute Gasteiger partial charge is 0.414 e. The highest BCUT2D eigenvalue weighted by atomic mass is 28.5. The van der Waals surface area contributed by atoms with E-state index in [-0.39, 0.29) is 53.5 Å². The molecule has 13 heteroatoms. The number of fused-ring (bicyclic) bond motifs is 1. The molecule has 11 nitrogen and oxygen atoms in total. The molecular formula is C25H46N4O7Si2. The summed E-state index contributed by atoms with van der Waals surface area (Å²) in [4.78, 5) is 28.7. The molecule has 1 aromatic heterocycles. The number of ether oxygens (including phenoxy) is 2. The highest BCUT2D eigenvalue weighted by Crippen LogP contribution is 2.48. The standard InChI is InChI=1S/C25H46N4O7Si2/c1-15(2)37(16(3)4)33-14-19-22(35-38(36-37,17(5)6)18(7)8)23(32-13-11-21(30)27-9)24(34-19)29-12-10-20(26)28-25(29)31/h10,12,15-19,22-24H,11,13-14H2,1-9H3,(H,27,30)(H2,26,28,31)/t19-,22?,23+,24-/m1/s1. The average Bonchev–Trinajstić information content (AvgIpc) is 3.14. The van der Waals surface area contributed by atoms with Crippen molar-refractivity contribution in [1.29, 1.82) is 0 Å². The van der Waals surface area contributed by atoms with Gasteiger partial charge < -0.3 is 33.5 Å². The summed E-state index contributed by atoms with van der Waals surface area (Å²) in [5, 5.41) is 2.61. The first-order valence-corrected chi connectivity index (χ1v) is 17.6. The summed E-state index contributed by atoms with van der Waals surface area (Å²) < 4.78 is 35.4. The summed E-state index contributed by atoms with van der Waals surface area (Å²) in [5.41, 5.74) is 5.79. The minimum atomic E-state index is -2.96. The predicted molar refractivity (Wildman–Crippen MR) is 149 cm³/mol. The quantitative estimate of drug-likeness (QED) is 0.429. The molecule has 2 aliphatic heterocycles. The van der Waals surface area contributed by atoms with E-state index in [9.17, 15) is 9.59 Å². The van der Waals surface area contributed by atoms with Crippen molar-refractivity contribution in [2.75, 3.05) is 26.0 Å². The Morgan fingerprint density at radius 3 is 2.26 bits per heavy atom. The van der Waals surface area contributed by atoms with Crippen molar-refractivity contribution in [3.63, 3.8) is 0 Å². The number of aromatic nitrogens is 2. The Bertz CT molecular complexity index is 1000. The van der Waals surface area contributed by atoms with Gasteiger partial charge in [-0.2, -0.15) is 4.98 Å². The van der Waals surface area contributed by atoms with E-state index >= 15 is 0 Å². The molecule has 1 unspecified atom stereocenters. The molecule has 3 heterocycles. The number of nitrogens with one attached hydrogen (secondary N) is 1. The number of carbonyl (C=O) groups excluding carboxylic acids is 1. The number of carbonyl (C=O) groups is 1. The first kappa shape index (κ1) is 30.9. The Balaban J connectivity index is 2.10. The van der Waals surface area contributed by atoms with E-state index in [2.05, 4.69) is 65.7 Å². The van der Waals surface area contributed by atoms with Crippen LogP contribution in [0.1, 0.15) is 68.0 Å². The molecule has 0 spiro atoms. The van der Waals surface area contributed by atoms with Crippen molar-refractivity contribution in [3.05, 3.63) is 22.7 Å². The Morgan fingerprint density at radius 2 is 1.74 bits per heavy atom. The molecule has 3 rings (SSSR count).